The standard InChI is InChI=1S/C27H33N3/c1-4-5-6-10-23-25-13-18(2)11-12-22(25)19(3)24(21-8-7-9-21)14-26(23)27-29-16-20(15-28)17-30-27/h11-13,16-17,19,21,24H,4-5,7-9,14-15,28H2,1-3H3. The number of unbranched alkanes of at least 4 members (excludes halogenated alkanes) is 1. The van der Waals surface area contributed by atoms with Crippen molar-refractivity contribution in [3.05, 3.63) is 58.7 Å². The summed E-state index contributed by atoms with van der Waals surface area (Å²) in [6.07, 6.45) is 10.8. The summed E-state index contributed by atoms with van der Waals surface area (Å²) in [7, 11) is 0. The van der Waals surface area contributed by atoms with Crippen LogP contribution < -0.4 is 5.73 Å². The van der Waals surface area contributed by atoms with Crippen molar-refractivity contribution in [1.29, 1.82) is 0 Å². The van der Waals surface area contributed by atoms with E-state index in [0.717, 1.165) is 42.1 Å². The SMILES string of the molecule is CCCC#CC1=C(c2ncc(CN)cn2)CC(C2CCC2)C(C)c2ccc(C)cc21. The fourth-order valence-corrected chi connectivity index (χ4v) is 4.87. The summed E-state index contributed by atoms with van der Waals surface area (Å²) < 4.78 is 0. The van der Waals surface area contributed by atoms with E-state index in [-0.39, 0.29) is 0 Å². The van der Waals surface area contributed by atoms with Gasteiger partial charge in [-0.1, -0.05) is 68.7 Å². The van der Waals surface area contributed by atoms with Gasteiger partial charge in [0.2, 0.25) is 0 Å². The van der Waals surface area contributed by atoms with Gasteiger partial charge in [0.05, 0.1) is 0 Å². The van der Waals surface area contributed by atoms with Gasteiger partial charge in [0.25, 0.3) is 0 Å². The third-order valence-electron chi connectivity index (χ3n) is 6.91. The van der Waals surface area contributed by atoms with E-state index < -0.39 is 0 Å². The third kappa shape index (κ3) is 4.07. The van der Waals surface area contributed by atoms with Crippen LogP contribution in [0.4, 0.5) is 0 Å². The summed E-state index contributed by atoms with van der Waals surface area (Å²) in [6, 6.07) is 6.91. The van der Waals surface area contributed by atoms with Crippen molar-refractivity contribution in [3.63, 3.8) is 0 Å². The average molecular weight is 400 g/mol. The largest absolute Gasteiger partial charge is 0.326 e. The van der Waals surface area contributed by atoms with Crippen LogP contribution in [-0.2, 0) is 6.54 Å². The molecule has 4 rings (SSSR count). The molecule has 1 aromatic carbocycles. The summed E-state index contributed by atoms with van der Waals surface area (Å²) in [5.74, 6) is 9.71. The van der Waals surface area contributed by atoms with Crippen LogP contribution in [0.5, 0.6) is 0 Å². The molecule has 1 heterocycles. The number of aryl methyl sites for hydroxylation is 1. The lowest BCUT2D eigenvalue weighted by atomic mass is 9.67. The number of hydrogen-bond acceptors (Lipinski definition) is 3. The molecule has 2 aliphatic carbocycles. The molecule has 30 heavy (non-hydrogen) atoms. The number of hydrogen-bond donors (Lipinski definition) is 1. The van der Waals surface area contributed by atoms with E-state index in [0.29, 0.717) is 18.4 Å². The zero-order chi connectivity index (χ0) is 21.1. The topological polar surface area (TPSA) is 51.8 Å². The Bertz CT molecular complexity index is 987. The highest BCUT2D eigenvalue weighted by Crippen LogP contribution is 2.50. The van der Waals surface area contributed by atoms with Crippen molar-refractivity contribution in [1.82, 2.24) is 9.97 Å². The van der Waals surface area contributed by atoms with Crippen molar-refractivity contribution in [2.45, 2.75) is 71.8 Å². The Balaban J connectivity index is 1.92. The van der Waals surface area contributed by atoms with Crippen LogP contribution in [-0.4, -0.2) is 9.97 Å². The van der Waals surface area contributed by atoms with Gasteiger partial charge in [-0.25, -0.2) is 9.97 Å². The molecule has 0 amide bonds. The fourth-order valence-electron chi connectivity index (χ4n) is 4.87. The molecule has 2 N–H and O–H groups in total. The van der Waals surface area contributed by atoms with Gasteiger partial charge in [-0.05, 0) is 48.6 Å². The highest BCUT2D eigenvalue weighted by Gasteiger charge is 2.37. The molecule has 1 saturated carbocycles. The minimum atomic E-state index is 0.465. The number of nitrogens with two attached hydrogens (primary N) is 1. The summed E-state index contributed by atoms with van der Waals surface area (Å²) in [5.41, 5.74) is 13.1. The second-order valence-electron chi connectivity index (χ2n) is 8.96. The lowest BCUT2D eigenvalue weighted by molar-refractivity contribution is 0.186. The van der Waals surface area contributed by atoms with Crippen LogP contribution in [0.2, 0.25) is 0 Å². The number of fused-ring (bicyclic) bond motifs is 1. The molecule has 156 valence electrons. The van der Waals surface area contributed by atoms with Crippen molar-refractivity contribution in [2.75, 3.05) is 0 Å². The average Bonchev–Trinajstić information content (AvgIpc) is 2.83. The van der Waals surface area contributed by atoms with Crippen LogP contribution in [0.1, 0.15) is 86.4 Å². The molecule has 0 bridgehead atoms. The molecule has 1 fully saturated rings. The van der Waals surface area contributed by atoms with Crippen LogP contribution >= 0.6 is 0 Å². The van der Waals surface area contributed by atoms with E-state index >= 15 is 0 Å². The second kappa shape index (κ2) is 9.14. The highest BCUT2D eigenvalue weighted by molar-refractivity contribution is 5.98. The summed E-state index contributed by atoms with van der Waals surface area (Å²) in [5, 5.41) is 0. The molecule has 0 spiro atoms. The van der Waals surface area contributed by atoms with E-state index in [1.807, 2.05) is 12.4 Å². The van der Waals surface area contributed by atoms with E-state index in [1.165, 1.54) is 41.5 Å². The maximum atomic E-state index is 5.78. The van der Waals surface area contributed by atoms with E-state index in [4.69, 9.17) is 15.7 Å². The maximum Gasteiger partial charge on any atom is 0.156 e. The van der Waals surface area contributed by atoms with Gasteiger partial charge in [-0.2, -0.15) is 0 Å². The summed E-state index contributed by atoms with van der Waals surface area (Å²) in [4.78, 5) is 9.47. The van der Waals surface area contributed by atoms with Crippen LogP contribution in [0.3, 0.4) is 0 Å². The molecule has 2 aromatic rings. The highest BCUT2D eigenvalue weighted by atomic mass is 14.9. The Labute approximate surface area is 181 Å². The minimum Gasteiger partial charge on any atom is -0.326 e. The van der Waals surface area contributed by atoms with Gasteiger partial charge in [0, 0.05) is 42.1 Å². The van der Waals surface area contributed by atoms with Crippen LogP contribution in [0, 0.1) is 30.6 Å². The molecule has 0 saturated heterocycles. The predicted molar refractivity (Wildman–Crippen MR) is 124 cm³/mol. The van der Waals surface area contributed by atoms with Gasteiger partial charge in [0.15, 0.2) is 5.82 Å². The molecular formula is C27H33N3. The predicted octanol–water partition coefficient (Wildman–Crippen LogP) is 5.88. The van der Waals surface area contributed by atoms with Crippen molar-refractivity contribution in [2.24, 2.45) is 17.6 Å². The van der Waals surface area contributed by atoms with Crippen molar-refractivity contribution >= 4 is 11.1 Å². The molecule has 0 radical (unpaired) electrons. The first-order chi connectivity index (χ1) is 14.6. The van der Waals surface area contributed by atoms with E-state index in [9.17, 15) is 0 Å². The smallest absolute Gasteiger partial charge is 0.156 e. The van der Waals surface area contributed by atoms with Gasteiger partial charge < -0.3 is 5.73 Å². The van der Waals surface area contributed by atoms with E-state index in [1.54, 1.807) is 0 Å². The van der Waals surface area contributed by atoms with Gasteiger partial charge in [-0.3, -0.25) is 0 Å². The molecule has 0 aliphatic heterocycles. The fraction of sp³-hybridized carbons (Fsp3) is 0.481. The monoisotopic (exact) mass is 399 g/mol. The Morgan fingerprint density at radius 1 is 1.17 bits per heavy atom. The molecule has 2 atom stereocenters. The van der Waals surface area contributed by atoms with E-state index in [2.05, 4.69) is 50.8 Å². The molecule has 2 aliphatic rings. The van der Waals surface area contributed by atoms with Crippen LogP contribution in [0.25, 0.3) is 11.1 Å². The Hall–Kier alpha value is -2.44. The quantitative estimate of drug-likeness (QED) is 0.653. The number of nitrogens with zero attached hydrogens (tertiary/aromatic N) is 2. The molecule has 1 aromatic heterocycles. The number of aromatic nitrogens is 2. The molecule has 3 heteroatoms. The van der Waals surface area contributed by atoms with Crippen molar-refractivity contribution < 1.29 is 0 Å². The normalized spacial score (nSPS) is 21.3. The van der Waals surface area contributed by atoms with Gasteiger partial charge >= 0.3 is 0 Å². The first-order valence-electron chi connectivity index (χ1n) is 11.5. The molecular weight excluding hydrogens is 366 g/mol. The van der Waals surface area contributed by atoms with Gasteiger partial charge in [-0.15, -0.1) is 0 Å². The third-order valence-corrected chi connectivity index (χ3v) is 6.91. The minimum absolute atomic E-state index is 0.465. The number of rotatable bonds is 4. The Kier molecular flexibility index (Phi) is 6.35. The second-order valence-corrected chi connectivity index (χ2v) is 8.96. The zero-order valence-corrected chi connectivity index (χ0v) is 18.5. The molecule has 2 unspecified atom stereocenters. The number of allylic oxidation sites excluding steroid dienone is 2. The van der Waals surface area contributed by atoms with Crippen LogP contribution in [0.15, 0.2) is 30.6 Å². The lowest BCUT2D eigenvalue weighted by Gasteiger charge is -2.37. The molecule has 3 nitrogen and oxygen atoms in total. The zero-order valence-electron chi connectivity index (χ0n) is 18.5. The first kappa shape index (κ1) is 20.8. The number of benzene rings is 1. The van der Waals surface area contributed by atoms with Crippen molar-refractivity contribution in [3.8, 4) is 11.8 Å². The summed E-state index contributed by atoms with van der Waals surface area (Å²) >= 11 is 0. The van der Waals surface area contributed by atoms with Gasteiger partial charge in [0.1, 0.15) is 0 Å². The Morgan fingerprint density at radius 2 is 1.93 bits per heavy atom. The lowest BCUT2D eigenvalue weighted by Crippen LogP contribution is -2.26. The first-order valence-corrected chi connectivity index (χ1v) is 11.5. The Morgan fingerprint density at radius 3 is 2.57 bits per heavy atom. The summed E-state index contributed by atoms with van der Waals surface area (Å²) in [6.45, 7) is 7.23. The maximum absolute atomic E-state index is 5.78.